The van der Waals surface area contributed by atoms with Crippen LogP contribution in [-0.4, -0.2) is 47.2 Å². The van der Waals surface area contributed by atoms with Crippen LogP contribution in [0, 0.1) is 0 Å². The van der Waals surface area contributed by atoms with Crippen molar-refractivity contribution in [2.75, 3.05) is 18.1 Å². The van der Waals surface area contributed by atoms with Crippen molar-refractivity contribution >= 4 is 15.9 Å². The van der Waals surface area contributed by atoms with Crippen LogP contribution in [0.25, 0.3) is 0 Å². The van der Waals surface area contributed by atoms with Crippen LogP contribution >= 0.6 is 0 Å². The lowest BCUT2D eigenvalue weighted by Crippen LogP contribution is -2.49. The number of amides is 2. The fourth-order valence-corrected chi connectivity index (χ4v) is 4.11. The fraction of sp³-hybridized carbons (Fsp3) is 0.429. The van der Waals surface area contributed by atoms with Crippen LogP contribution in [0.5, 0.6) is 0 Å². The van der Waals surface area contributed by atoms with E-state index in [1.807, 2.05) is 0 Å². The van der Waals surface area contributed by atoms with E-state index in [4.69, 9.17) is 4.42 Å². The second kappa shape index (κ2) is 6.07. The highest BCUT2D eigenvalue weighted by Crippen LogP contribution is 2.26. The average Bonchev–Trinajstić information content (AvgIpc) is 3.15. The van der Waals surface area contributed by atoms with Gasteiger partial charge in [-0.1, -0.05) is 0 Å². The van der Waals surface area contributed by atoms with Crippen molar-refractivity contribution in [3.8, 4) is 0 Å². The van der Waals surface area contributed by atoms with Gasteiger partial charge in [0.1, 0.15) is 0 Å². The Balaban J connectivity index is 1.76. The van der Waals surface area contributed by atoms with E-state index in [1.165, 1.54) is 6.26 Å². The molecule has 0 spiro atoms. The lowest BCUT2D eigenvalue weighted by Gasteiger charge is -2.34. The normalized spacial score (nSPS) is 20.4. The van der Waals surface area contributed by atoms with Gasteiger partial charge in [0, 0.05) is 37.5 Å². The number of furan rings is 1. The summed E-state index contributed by atoms with van der Waals surface area (Å²) in [5.41, 5.74) is 1.56. The molecule has 2 aromatic heterocycles. The first kappa shape index (κ1) is 15.6. The zero-order chi connectivity index (χ0) is 16.4. The first-order valence-electron chi connectivity index (χ1n) is 7.19. The van der Waals surface area contributed by atoms with Gasteiger partial charge in [0.2, 0.25) is 0 Å². The predicted molar refractivity (Wildman–Crippen MR) is 82.3 cm³/mol. The van der Waals surface area contributed by atoms with Crippen molar-refractivity contribution in [1.29, 1.82) is 0 Å². The van der Waals surface area contributed by atoms with Crippen molar-refractivity contribution in [3.05, 3.63) is 42.1 Å². The maximum Gasteiger partial charge on any atom is 0.318 e. The number of aryl methyl sites for hydroxylation is 1. The van der Waals surface area contributed by atoms with Crippen LogP contribution in [0.3, 0.4) is 0 Å². The molecule has 1 fully saturated rings. The molecular weight excluding hydrogens is 320 g/mol. The van der Waals surface area contributed by atoms with Gasteiger partial charge in [-0.05, 0) is 6.07 Å². The van der Waals surface area contributed by atoms with Crippen LogP contribution in [0.15, 0.2) is 35.4 Å². The van der Waals surface area contributed by atoms with E-state index in [2.05, 4.69) is 10.4 Å². The highest BCUT2D eigenvalue weighted by Gasteiger charge is 2.35. The molecule has 1 aliphatic rings. The largest absolute Gasteiger partial charge is 0.472 e. The molecule has 1 N–H and O–H groups in total. The molecule has 2 aromatic rings. The predicted octanol–water partition coefficient (Wildman–Crippen LogP) is 0.694. The second-order valence-corrected chi connectivity index (χ2v) is 7.79. The molecule has 0 aliphatic carbocycles. The standard InChI is InChI=1S/C14H18N4O4S/c1-17-8-12(7-16-17)13-10-23(20,21)5-3-18(13)14(19)15-6-11-2-4-22-9-11/h2,4,7-9,13H,3,5-6,10H2,1H3,(H,15,19). The molecule has 0 bridgehead atoms. The Labute approximate surface area is 134 Å². The average molecular weight is 338 g/mol. The van der Waals surface area contributed by atoms with Gasteiger partial charge in [0.15, 0.2) is 9.84 Å². The summed E-state index contributed by atoms with van der Waals surface area (Å²) in [5.74, 6) is -0.110. The molecule has 8 nitrogen and oxygen atoms in total. The van der Waals surface area contributed by atoms with Crippen molar-refractivity contribution in [3.63, 3.8) is 0 Å². The Morgan fingerprint density at radius 1 is 1.52 bits per heavy atom. The van der Waals surface area contributed by atoms with Gasteiger partial charge in [-0.15, -0.1) is 0 Å². The van der Waals surface area contributed by atoms with Gasteiger partial charge in [-0.3, -0.25) is 4.68 Å². The maximum atomic E-state index is 12.5. The van der Waals surface area contributed by atoms with Gasteiger partial charge < -0.3 is 14.6 Å². The molecule has 1 atom stereocenters. The molecule has 3 rings (SSSR count). The molecule has 1 unspecified atom stereocenters. The number of nitrogens with one attached hydrogen (secondary N) is 1. The molecule has 0 aromatic carbocycles. The topological polar surface area (TPSA) is 97.4 Å². The number of rotatable bonds is 3. The lowest BCUT2D eigenvalue weighted by atomic mass is 10.1. The van der Waals surface area contributed by atoms with Crippen LogP contribution < -0.4 is 5.32 Å². The third kappa shape index (κ3) is 3.55. The van der Waals surface area contributed by atoms with E-state index in [9.17, 15) is 13.2 Å². The summed E-state index contributed by atoms with van der Waals surface area (Å²) in [6.45, 7) is 0.497. The molecule has 23 heavy (non-hydrogen) atoms. The summed E-state index contributed by atoms with van der Waals surface area (Å²) < 4.78 is 30.5. The van der Waals surface area contributed by atoms with Crippen LogP contribution in [0.4, 0.5) is 4.79 Å². The highest BCUT2D eigenvalue weighted by molar-refractivity contribution is 7.91. The third-order valence-electron chi connectivity index (χ3n) is 3.83. The van der Waals surface area contributed by atoms with Crippen molar-refractivity contribution < 1.29 is 17.6 Å². The van der Waals surface area contributed by atoms with E-state index >= 15 is 0 Å². The van der Waals surface area contributed by atoms with Gasteiger partial charge in [-0.2, -0.15) is 5.10 Å². The molecule has 0 radical (unpaired) electrons. The summed E-state index contributed by atoms with van der Waals surface area (Å²) >= 11 is 0. The summed E-state index contributed by atoms with van der Waals surface area (Å²) in [6.07, 6.45) is 6.43. The molecule has 124 valence electrons. The molecule has 3 heterocycles. The first-order valence-corrected chi connectivity index (χ1v) is 9.01. The van der Waals surface area contributed by atoms with Gasteiger partial charge >= 0.3 is 6.03 Å². The Kier molecular flexibility index (Phi) is 4.12. The van der Waals surface area contributed by atoms with E-state index < -0.39 is 15.9 Å². The SMILES string of the molecule is Cn1cc(C2CS(=O)(=O)CCN2C(=O)NCc2ccoc2)cn1. The van der Waals surface area contributed by atoms with Crippen LogP contribution in [-0.2, 0) is 23.4 Å². The van der Waals surface area contributed by atoms with Gasteiger partial charge in [0.25, 0.3) is 0 Å². The Morgan fingerprint density at radius 3 is 3.00 bits per heavy atom. The Hall–Kier alpha value is -2.29. The molecule has 2 amide bonds. The van der Waals surface area contributed by atoms with Crippen molar-refractivity contribution in [2.24, 2.45) is 7.05 Å². The highest BCUT2D eigenvalue weighted by atomic mass is 32.2. The summed E-state index contributed by atoms with van der Waals surface area (Å²) in [6, 6.07) is 0.946. The number of sulfone groups is 1. The maximum absolute atomic E-state index is 12.5. The van der Waals surface area contributed by atoms with Crippen LogP contribution in [0.2, 0.25) is 0 Å². The monoisotopic (exact) mass is 338 g/mol. The van der Waals surface area contributed by atoms with Crippen LogP contribution in [0.1, 0.15) is 17.2 Å². The minimum absolute atomic E-state index is 0.0249. The minimum atomic E-state index is -3.17. The number of carbonyl (C=O) groups excluding carboxylic acids is 1. The zero-order valence-electron chi connectivity index (χ0n) is 12.7. The molecule has 1 saturated heterocycles. The molecule has 0 saturated carbocycles. The zero-order valence-corrected chi connectivity index (χ0v) is 13.5. The van der Waals surface area contributed by atoms with E-state index in [0.29, 0.717) is 12.1 Å². The van der Waals surface area contributed by atoms with Gasteiger partial charge in [-0.25, -0.2) is 13.2 Å². The number of aromatic nitrogens is 2. The van der Waals surface area contributed by atoms with Crippen molar-refractivity contribution in [1.82, 2.24) is 20.0 Å². The smallest absolute Gasteiger partial charge is 0.318 e. The Bertz CT molecular complexity index is 782. The number of urea groups is 1. The summed E-state index contributed by atoms with van der Waals surface area (Å²) in [4.78, 5) is 14.0. The summed E-state index contributed by atoms with van der Waals surface area (Å²) in [7, 11) is -1.41. The number of hydrogen-bond acceptors (Lipinski definition) is 5. The van der Waals surface area contributed by atoms with E-state index in [-0.39, 0.29) is 24.1 Å². The fourth-order valence-electron chi connectivity index (χ4n) is 2.61. The molecular formula is C14H18N4O4S. The lowest BCUT2D eigenvalue weighted by molar-refractivity contribution is 0.180. The number of hydrogen-bond donors (Lipinski definition) is 1. The molecule has 1 aliphatic heterocycles. The van der Waals surface area contributed by atoms with Crippen molar-refractivity contribution in [2.45, 2.75) is 12.6 Å². The quantitative estimate of drug-likeness (QED) is 0.888. The third-order valence-corrected chi connectivity index (χ3v) is 5.45. The number of nitrogens with zero attached hydrogens (tertiary/aromatic N) is 3. The Morgan fingerprint density at radius 2 is 2.35 bits per heavy atom. The minimum Gasteiger partial charge on any atom is -0.472 e. The van der Waals surface area contributed by atoms with E-state index in [1.54, 1.807) is 41.4 Å². The second-order valence-electron chi connectivity index (χ2n) is 5.56. The number of carbonyl (C=O) groups is 1. The van der Waals surface area contributed by atoms with Gasteiger partial charge in [0.05, 0.1) is 36.3 Å². The summed E-state index contributed by atoms with van der Waals surface area (Å²) in [5, 5.41) is 6.86. The molecule has 9 heteroatoms. The van der Waals surface area contributed by atoms with E-state index in [0.717, 1.165) is 5.56 Å². The first-order chi connectivity index (χ1) is 10.9.